The molecule has 0 aliphatic heterocycles. The van der Waals surface area contributed by atoms with Gasteiger partial charge in [-0.05, 0) is 67.6 Å². The minimum atomic E-state index is -0.564. The van der Waals surface area contributed by atoms with Gasteiger partial charge < -0.3 is 14.6 Å². The molecule has 0 unspecified atom stereocenters. The molecule has 0 radical (unpaired) electrons. The number of ketones is 1. The first-order valence-corrected chi connectivity index (χ1v) is 10.6. The van der Waals surface area contributed by atoms with Crippen LogP contribution < -0.4 is 0 Å². The molecule has 0 spiro atoms. The summed E-state index contributed by atoms with van der Waals surface area (Å²) in [5, 5.41) is 10.4. The summed E-state index contributed by atoms with van der Waals surface area (Å²) in [4.78, 5) is 24.3. The highest BCUT2D eigenvalue weighted by Gasteiger charge is 2.64. The van der Waals surface area contributed by atoms with E-state index in [1.807, 2.05) is 0 Å². The Morgan fingerprint density at radius 1 is 1.04 bits per heavy atom. The lowest BCUT2D eigenvalue weighted by Gasteiger charge is -2.61. The van der Waals surface area contributed by atoms with Crippen molar-refractivity contribution in [3.63, 3.8) is 0 Å². The molecule has 5 nitrogen and oxygen atoms in total. The van der Waals surface area contributed by atoms with Crippen LogP contribution in [0.2, 0.25) is 0 Å². The van der Waals surface area contributed by atoms with Gasteiger partial charge >= 0.3 is 5.97 Å². The first-order valence-electron chi connectivity index (χ1n) is 10.6. The first kappa shape index (κ1) is 19.4. The van der Waals surface area contributed by atoms with E-state index >= 15 is 0 Å². The molecule has 0 aromatic carbocycles. The summed E-state index contributed by atoms with van der Waals surface area (Å²) in [7, 11) is 1.73. The number of aliphatic hydroxyl groups excluding tert-OH is 1. The third kappa shape index (κ3) is 2.71. The molecule has 0 aromatic heterocycles. The van der Waals surface area contributed by atoms with Crippen LogP contribution in [0.4, 0.5) is 0 Å². The molecule has 1 N–H and O–H groups in total. The first-order chi connectivity index (χ1) is 12.7. The topological polar surface area (TPSA) is 72.8 Å². The number of hydrogen-bond acceptors (Lipinski definition) is 5. The van der Waals surface area contributed by atoms with Gasteiger partial charge in [-0.1, -0.05) is 13.8 Å². The van der Waals surface area contributed by atoms with Crippen molar-refractivity contribution in [3.8, 4) is 0 Å². The molecule has 4 fully saturated rings. The van der Waals surface area contributed by atoms with Crippen molar-refractivity contribution in [1.29, 1.82) is 0 Å². The van der Waals surface area contributed by atoms with Gasteiger partial charge in [0.05, 0.1) is 12.2 Å². The van der Waals surface area contributed by atoms with Crippen LogP contribution in [0, 0.1) is 34.5 Å². The fourth-order valence-electron chi connectivity index (χ4n) is 7.72. The lowest BCUT2D eigenvalue weighted by atomic mass is 9.44. The van der Waals surface area contributed by atoms with Crippen LogP contribution in [0.3, 0.4) is 0 Å². The van der Waals surface area contributed by atoms with Crippen molar-refractivity contribution in [2.75, 3.05) is 7.11 Å². The molecule has 152 valence electrons. The third-order valence-corrected chi connectivity index (χ3v) is 9.00. The summed E-state index contributed by atoms with van der Waals surface area (Å²) in [5.41, 5.74) is -0.0608. The fourth-order valence-corrected chi connectivity index (χ4v) is 7.72. The predicted molar refractivity (Wildman–Crippen MR) is 99.9 cm³/mol. The maximum Gasteiger partial charge on any atom is 0.303 e. The second-order valence-electron chi connectivity index (χ2n) is 10.1. The molecule has 9 atom stereocenters. The van der Waals surface area contributed by atoms with Gasteiger partial charge in [-0.25, -0.2) is 0 Å². The van der Waals surface area contributed by atoms with Gasteiger partial charge in [-0.2, -0.15) is 0 Å². The van der Waals surface area contributed by atoms with Gasteiger partial charge in [0, 0.05) is 25.9 Å². The molecule has 4 aliphatic carbocycles. The highest BCUT2D eigenvalue weighted by molar-refractivity contribution is 5.89. The number of esters is 1. The SMILES string of the molecule is CO[C@H]1[C@H]2CC[C@H]3[C@@H](CC[C@@]4(C)[C@H](OC(C)=O)C(=O)C[C@H]34)[C@]2(C)CC[C@@H]1O. The van der Waals surface area contributed by atoms with Crippen LogP contribution in [0.5, 0.6) is 0 Å². The van der Waals surface area contributed by atoms with Gasteiger partial charge in [0.2, 0.25) is 0 Å². The summed E-state index contributed by atoms with van der Waals surface area (Å²) < 4.78 is 11.3. The molecular weight excluding hydrogens is 344 g/mol. The molecule has 0 aromatic rings. The number of Topliss-reactive ketones (excluding diaryl/α,β-unsaturated/α-hetero) is 1. The van der Waals surface area contributed by atoms with Crippen molar-refractivity contribution < 1.29 is 24.2 Å². The minimum absolute atomic E-state index is 0.0722. The van der Waals surface area contributed by atoms with Crippen LogP contribution in [0.25, 0.3) is 0 Å². The van der Waals surface area contributed by atoms with Gasteiger partial charge in [0.1, 0.15) is 0 Å². The summed E-state index contributed by atoms with van der Waals surface area (Å²) in [6, 6.07) is 0. The van der Waals surface area contributed by atoms with Crippen molar-refractivity contribution in [2.24, 2.45) is 34.5 Å². The van der Waals surface area contributed by atoms with Crippen molar-refractivity contribution in [1.82, 2.24) is 0 Å². The second-order valence-corrected chi connectivity index (χ2v) is 10.1. The molecule has 0 heterocycles. The molecule has 4 saturated carbocycles. The number of ether oxygens (including phenoxy) is 2. The van der Waals surface area contributed by atoms with Crippen LogP contribution in [0.15, 0.2) is 0 Å². The Kier molecular flexibility index (Phi) is 4.70. The van der Waals surface area contributed by atoms with Gasteiger partial charge in [-0.15, -0.1) is 0 Å². The average Bonchev–Trinajstić information content (AvgIpc) is 2.86. The van der Waals surface area contributed by atoms with Gasteiger partial charge in [0.15, 0.2) is 11.9 Å². The Hall–Kier alpha value is -0.940. The van der Waals surface area contributed by atoms with E-state index in [2.05, 4.69) is 13.8 Å². The Balaban J connectivity index is 1.62. The average molecular weight is 379 g/mol. The fraction of sp³-hybridized carbons (Fsp3) is 0.909. The number of rotatable bonds is 2. The monoisotopic (exact) mass is 378 g/mol. The van der Waals surface area contributed by atoms with E-state index in [4.69, 9.17) is 9.47 Å². The quantitative estimate of drug-likeness (QED) is 0.748. The molecule has 4 aliphatic rings. The van der Waals surface area contributed by atoms with Gasteiger partial charge in [0.25, 0.3) is 0 Å². The normalized spacial score (nSPS) is 51.9. The zero-order valence-electron chi connectivity index (χ0n) is 17.1. The van der Waals surface area contributed by atoms with E-state index in [1.54, 1.807) is 7.11 Å². The number of carbonyl (C=O) groups excluding carboxylic acids is 2. The highest BCUT2D eigenvalue weighted by atomic mass is 16.5. The van der Waals surface area contributed by atoms with E-state index in [1.165, 1.54) is 6.92 Å². The smallest absolute Gasteiger partial charge is 0.303 e. The number of fused-ring (bicyclic) bond motifs is 5. The number of hydrogen-bond donors (Lipinski definition) is 1. The lowest BCUT2D eigenvalue weighted by molar-refractivity contribution is -0.188. The minimum Gasteiger partial charge on any atom is -0.454 e. The highest BCUT2D eigenvalue weighted by Crippen LogP contribution is 2.66. The zero-order valence-corrected chi connectivity index (χ0v) is 17.1. The van der Waals surface area contributed by atoms with Gasteiger partial charge in [-0.3, -0.25) is 9.59 Å². The van der Waals surface area contributed by atoms with Crippen molar-refractivity contribution in [3.05, 3.63) is 0 Å². The molecule has 5 heteroatoms. The number of carbonyl (C=O) groups is 2. The van der Waals surface area contributed by atoms with Crippen molar-refractivity contribution >= 4 is 11.8 Å². The Bertz CT molecular complexity index is 632. The van der Waals surface area contributed by atoms with E-state index in [0.717, 1.165) is 38.5 Å². The number of methoxy groups -OCH3 is 1. The molecule has 0 amide bonds. The largest absolute Gasteiger partial charge is 0.454 e. The zero-order chi connectivity index (χ0) is 19.6. The Morgan fingerprint density at radius 3 is 2.41 bits per heavy atom. The molecule has 4 rings (SSSR count). The summed E-state index contributed by atoms with van der Waals surface area (Å²) >= 11 is 0. The Labute approximate surface area is 162 Å². The standard InChI is InChI=1S/C22H34O5/c1-12(23)27-20-18(25)11-16-13-5-6-15-19(26-4)17(24)8-10-21(15,2)14(13)7-9-22(16,20)3/h13-17,19-20,24H,5-11H2,1-4H3/t13-,14+,15+,16+,17-,19-,20+,21-,22+/m0/s1. The molecular formula is C22H34O5. The molecule has 0 saturated heterocycles. The maximum absolute atomic E-state index is 12.7. The lowest BCUT2D eigenvalue weighted by Crippen LogP contribution is -2.59. The van der Waals surface area contributed by atoms with E-state index in [-0.39, 0.29) is 34.8 Å². The van der Waals surface area contributed by atoms with Crippen LogP contribution in [-0.4, -0.2) is 42.3 Å². The van der Waals surface area contributed by atoms with Crippen molar-refractivity contribution in [2.45, 2.75) is 84.0 Å². The second kappa shape index (κ2) is 6.55. The predicted octanol–water partition coefficient (Wildman–Crippen LogP) is 3.13. The maximum atomic E-state index is 12.7. The van der Waals surface area contributed by atoms with Crippen LogP contribution >= 0.6 is 0 Å². The molecule has 27 heavy (non-hydrogen) atoms. The van der Waals surface area contributed by atoms with E-state index in [0.29, 0.717) is 30.1 Å². The summed E-state index contributed by atoms with van der Waals surface area (Å²) in [5.74, 6) is 1.51. The van der Waals surface area contributed by atoms with Crippen LogP contribution in [0.1, 0.15) is 65.7 Å². The third-order valence-electron chi connectivity index (χ3n) is 9.00. The summed E-state index contributed by atoms with van der Waals surface area (Å²) in [6.07, 6.45) is 5.52. The summed E-state index contributed by atoms with van der Waals surface area (Å²) in [6.45, 7) is 5.97. The number of aliphatic hydroxyl groups is 1. The van der Waals surface area contributed by atoms with E-state index < -0.39 is 6.10 Å². The molecule has 0 bridgehead atoms. The van der Waals surface area contributed by atoms with Crippen LogP contribution in [-0.2, 0) is 19.1 Å². The van der Waals surface area contributed by atoms with E-state index in [9.17, 15) is 14.7 Å². The Morgan fingerprint density at radius 2 is 1.74 bits per heavy atom.